The van der Waals surface area contributed by atoms with Crippen LogP contribution in [-0.2, 0) is 11.2 Å². The number of nitrogens with zero attached hydrogens (tertiary/aromatic N) is 1. The molecule has 0 aliphatic heterocycles. The molecule has 1 aliphatic carbocycles. The van der Waals surface area contributed by atoms with Gasteiger partial charge >= 0.3 is 0 Å². The summed E-state index contributed by atoms with van der Waals surface area (Å²) in [5, 5.41) is 0. The number of carbonyl (C=O) groups excluding carboxylic acids is 1. The molecule has 0 heterocycles. The minimum absolute atomic E-state index is 0.0431. The highest BCUT2D eigenvalue weighted by Crippen LogP contribution is 2.28. The predicted octanol–water partition coefficient (Wildman–Crippen LogP) is 1.59. The summed E-state index contributed by atoms with van der Waals surface area (Å²) < 4.78 is 10.9. The van der Waals surface area contributed by atoms with Crippen molar-refractivity contribution in [3.8, 4) is 11.5 Å². The van der Waals surface area contributed by atoms with Crippen molar-refractivity contribution < 1.29 is 14.3 Å². The van der Waals surface area contributed by atoms with Gasteiger partial charge in [0, 0.05) is 18.7 Å². The fraction of sp³-hybridized carbons (Fsp3) is 0.562. The van der Waals surface area contributed by atoms with Gasteiger partial charge in [0.2, 0.25) is 0 Å². The lowest BCUT2D eigenvalue weighted by atomic mass is 10.1. The van der Waals surface area contributed by atoms with Gasteiger partial charge in [-0.1, -0.05) is 6.07 Å². The third-order valence-corrected chi connectivity index (χ3v) is 3.69. The Bertz CT molecular complexity index is 486. The minimum atomic E-state index is 0.0431. The van der Waals surface area contributed by atoms with Crippen LogP contribution in [0.4, 0.5) is 0 Å². The molecule has 1 fully saturated rings. The lowest BCUT2D eigenvalue weighted by molar-refractivity contribution is -0.133. The van der Waals surface area contributed by atoms with Crippen LogP contribution in [0.1, 0.15) is 25.3 Å². The van der Waals surface area contributed by atoms with E-state index in [0.29, 0.717) is 30.5 Å². The van der Waals surface area contributed by atoms with Gasteiger partial charge in [0.15, 0.2) is 6.61 Å². The van der Waals surface area contributed by atoms with Crippen molar-refractivity contribution in [3.05, 3.63) is 23.8 Å². The Hall–Kier alpha value is -1.75. The third kappa shape index (κ3) is 4.11. The minimum Gasteiger partial charge on any atom is -0.497 e. The zero-order valence-corrected chi connectivity index (χ0v) is 12.8. The largest absolute Gasteiger partial charge is 0.497 e. The molecule has 5 nitrogen and oxygen atoms in total. The van der Waals surface area contributed by atoms with Gasteiger partial charge in [0.25, 0.3) is 5.91 Å². The number of amides is 1. The van der Waals surface area contributed by atoms with E-state index < -0.39 is 0 Å². The van der Waals surface area contributed by atoms with Crippen molar-refractivity contribution in [1.29, 1.82) is 0 Å². The standard InChI is InChI=1S/C16H24N2O3/c1-3-18(13-5-6-13)16(19)11-21-15-10-14(20-2)7-4-12(15)8-9-17/h4,7,10,13H,3,5-6,8-9,11,17H2,1-2H3. The molecule has 0 aromatic heterocycles. The van der Waals surface area contributed by atoms with Crippen LogP contribution in [0.25, 0.3) is 0 Å². The summed E-state index contributed by atoms with van der Waals surface area (Å²) in [6.45, 7) is 3.34. The molecule has 2 rings (SSSR count). The number of ether oxygens (including phenoxy) is 2. The fourth-order valence-electron chi connectivity index (χ4n) is 2.41. The molecule has 116 valence electrons. The molecule has 2 N–H and O–H groups in total. The van der Waals surface area contributed by atoms with E-state index in [1.54, 1.807) is 7.11 Å². The first-order chi connectivity index (χ1) is 10.2. The van der Waals surface area contributed by atoms with Gasteiger partial charge in [-0.3, -0.25) is 4.79 Å². The van der Waals surface area contributed by atoms with E-state index in [9.17, 15) is 4.79 Å². The van der Waals surface area contributed by atoms with E-state index in [1.165, 1.54) is 0 Å². The van der Waals surface area contributed by atoms with E-state index in [1.807, 2.05) is 30.0 Å². The van der Waals surface area contributed by atoms with E-state index in [0.717, 1.165) is 24.9 Å². The number of benzene rings is 1. The Morgan fingerprint density at radius 3 is 2.76 bits per heavy atom. The predicted molar refractivity (Wildman–Crippen MR) is 81.7 cm³/mol. The summed E-state index contributed by atoms with van der Waals surface area (Å²) in [7, 11) is 1.61. The molecule has 1 aromatic carbocycles. The Morgan fingerprint density at radius 1 is 1.43 bits per heavy atom. The molecule has 0 bridgehead atoms. The average Bonchev–Trinajstić information content (AvgIpc) is 3.32. The molecule has 0 radical (unpaired) electrons. The van der Waals surface area contributed by atoms with Gasteiger partial charge in [-0.25, -0.2) is 0 Å². The molecule has 0 atom stereocenters. The number of rotatable bonds is 8. The number of hydrogen-bond donors (Lipinski definition) is 1. The molecular formula is C16H24N2O3. The SMILES string of the molecule is CCN(C(=O)COc1cc(OC)ccc1CCN)C1CC1. The van der Waals surface area contributed by atoms with E-state index >= 15 is 0 Å². The lowest BCUT2D eigenvalue weighted by Gasteiger charge is -2.21. The number of methoxy groups -OCH3 is 1. The maximum Gasteiger partial charge on any atom is 0.260 e. The van der Waals surface area contributed by atoms with Crippen molar-refractivity contribution in [2.24, 2.45) is 5.73 Å². The normalized spacial score (nSPS) is 13.9. The van der Waals surface area contributed by atoms with Crippen LogP contribution >= 0.6 is 0 Å². The zero-order valence-electron chi connectivity index (χ0n) is 12.8. The Kier molecular flexibility index (Phi) is 5.44. The number of hydrogen-bond acceptors (Lipinski definition) is 4. The summed E-state index contributed by atoms with van der Waals surface area (Å²) in [6.07, 6.45) is 2.93. The fourth-order valence-corrected chi connectivity index (χ4v) is 2.41. The molecule has 1 aromatic rings. The smallest absolute Gasteiger partial charge is 0.260 e. The molecular weight excluding hydrogens is 268 g/mol. The van der Waals surface area contributed by atoms with Crippen LogP contribution < -0.4 is 15.2 Å². The van der Waals surface area contributed by atoms with Gasteiger partial charge < -0.3 is 20.1 Å². The molecule has 1 saturated carbocycles. The third-order valence-electron chi connectivity index (χ3n) is 3.69. The van der Waals surface area contributed by atoms with E-state index in [4.69, 9.17) is 15.2 Å². The van der Waals surface area contributed by atoms with E-state index in [2.05, 4.69) is 0 Å². The van der Waals surface area contributed by atoms with Crippen molar-refractivity contribution >= 4 is 5.91 Å². The van der Waals surface area contributed by atoms with Crippen LogP contribution in [0.5, 0.6) is 11.5 Å². The van der Waals surface area contributed by atoms with Crippen molar-refractivity contribution in [2.45, 2.75) is 32.2 Å². The summed E-state index contributed by atoms with van der Waals surface area (Å²) >= 11 is 0. The highest BCUT2D eigenvalue weighted by atomic mass is 16.5. The number of nitrogens with two attached hydrogens (primary N) is 1. The molecule has 5 heteroatoms. The first kappa shape index (κ1) is 15.6. The van der Waals surface area contributed by atoms with Crippen LogP contribution in [0.3, 0.4) is 0 Å². The number of likely N-dealkylation sites (N-methyl/N-ethyl adjacent to an activating group) is 1. The summed E-state index contributed by atoms with van der Waals surface area (Å²) in [4.78, 5) is 14.1. The summed E-state index contributed by atoms with van der Waals surface area (Å²) in [5.41, 5.74) is 6.61. The molecule has 0 spiro atoms. The topological polar surface area (TPSA) is 64.8 Å². The molecule has 0 unspecified atom stereocenters. The molecule has 1 aliphatic rings. The van der Waals surface area contributed by atoms with Gasteiger partial charge in [0.05, 0.1) is 7.11 Å². The first-order valence-corrected chi connectivity index (χ1v) is 7.48. The van der Waals surface area contributed by atoms with Crippen LogP contribution in [0, 0.1) is 0 Å². The van der Waals surface area contributed by atoms with Crippen molar-refractivity contribution in [3.63, 3.8) is 0 Å². The second-order valence-corrected chi connectivity index (χ2v) is 5.21. The van der Waals surface area contributed by atoms with Gasteiger partial charge in [-0.2, -0.15) is 0 Å². The lowest BCUT2D eigenvalue weighted by Crippen LogP contribution is -2.36. The average molecular weight is 292 g/mol. The maximum atomic E-state index is 12.2. The molecule has 1 amide bonds. The first-order valence-electron chi connectivity index (χ1n) is 7.48. The van der Waals surface area contributed by atoms with Crippen LogP contribution in [0.2, 0.25) is 0 Å². The second kappa shape index (κ2) is 7.31. The zero-order chi connectivity index (χ0) is 15.2. The maximum absolute atomic E-state index is 12.2. The Labute approximate surface area is 126 Å². The van der Waals surface area contributed by atoms with Crippen LogP contribution in [-0.4, -0.2) is 43.7 Å². The van der Waals surface area contributed by atoms with Crippen molar-refractivity contribution in [2.75, 3.05) is 26.8 Å². The van der Waals surface area contributed by atoms with Crippen molar-refractivity contribution in [1.82, 2.24) is 4.90 Å². The second-order valence-electron chi connectivity index (χ2n) is 5.21. The quantitative estimate of drug-likeness (QED) is 0.790. The van der Waals surface area contributed by atoms with Gasteiger partial charge in [-0.05, 0) is 44.4 Å². The molecule has 21 heavy (non-hydrogen) atoms. The highest BCUT2D eigenvalue weighted by Gasteiger charge is 2.31. The Balaban J connectivity index is 2.01. The van der Waals surface area contributed by atoms with E-state index in [-0.39, 0.29) is 12.5 Å². The monoisotopic (exact) mass is 292 g/mol. The van der Waals surface area contributed by atoms with Crippen LogP contribution in [0.15, 0.2) is 18.2 Å². The summed E-state index contributed by atoms with van der Waals surface area (Å²) in [5.74, 6) is 1.44. The van der Waals surface area contributed by atoms with Gasteiger partial charge in [0.1, 0.15) is 11.5 Å². The molecule has 0 saturated heterocycles. The highest BCUT2D eigenvalue weighted by molar-refractivity contribution is 5.78. The number of carbonyl (C=O) groups is 1. The summed E-state index contributed by atoms with van der Waals surface area (Å²) in [6, 6.07) is 6.04. The van der Waals surface area contributed by atoms with Gasteiger partial charge in [-0.15, -0.1) is 0 Å². The Morgan fingerprint density at radius 2 is 2.19 bits per heavy atom.